The maximum atomic E-state index is 11.7. The van der Waals surface area contributed by atoms with Crippen LogP contribution in [0.15, 0.2) is 12.4 Å². The lowest BCUT2D eigenvalue weighted by Gasteiger charge is -2.20. The summed E-state index contributed by atoms with van der Waals surface area (Å²) in [6.07, 6.45) is 3.52. The van der Waals surface area contributed by atoms with E-state index in [0.717, 1.165) is 5.82 Å². The molecule has 1 heterocycles. The van der Waals surface area contributed by atoms with E-state index in [1.165, 1.54) is 0 Å². The van der Waals surface area contributed by atoms with E-state index in [0.29, 0.717) is 13.1 Å². The topological polar surface area (TPSA) is 59.0 Å². The Kier molecular flexibility index (Phi) is 4.06. The quantitative estimate of drug-likeness (QED) is 0.783. The molecule has 2 N–H and O–H groups in total. The summed E-state index contributed by atoms with van der Waals surface area (Å²) in [5.41, 5.74) is -0.194. The summed E-state index contributed by atoms with van der Waals surface area (Å²) in [5.74, 6) is 0.870. The van der Waals surface area contributed by atoms with Gasteiger partial charge in [-0.3, -0.25) is 4.79 Å². The van der Waals surface area contributed by atoms with Crippen LogP contribution in [0.1, 0.15) is 26.6 Å². The lowest BCUT2D eigenvalue weighted by atomic mass is 10.1. The Balaban J connectivity index is 2.59. The fraction of sp³-hybridized carbons (Fsp3) is 0.636. The summed E-state index contributed by atoms with van der Waals surface area (Å²) in [6.45, 7) is 6.87. The van der Waals surface area contributed by atoms with Crippen molar-refractivity contribution in [1.29, 1.82) is 0 Å². The Morgan fingerprint density at radius 3 is 2.75 bits per heavy atom. The van der Waals surface area contributed by atoms with E-state index >= 15 is 0 Å². The second-order valence-corrected chi connectivity index (χ2v) is 4.80. The van der Waals surface area contributed by atoms with Crippen molar-refractivity contribution in [3.05, 3.63) is 18.2 Å². The number of aromatic nitrogens is 2. The van der Waals surface area contributed by atoms with E-state index < -0.39 is 0 Å². The van der Waals surface area contributed by atoms with E-state index in [1.807, 2.05) is 38.6 Å². The van der Waals surface area contributed by atoms with Gasteiger partial charge in [0.25, 0.3) is 0 Å². The number of hydrogen-bond acceptors (Lipinski definition) is 3. The minimum Gasteiger partial charge on any atom is -0.350 e. The zero-order chi connectivity index (χ0) is 12.2. The van der Waals surface area contributed by atoms with Crippen molar-refractivity contribution < 1.29 is 4.79 Å². The molecule has 0 aliphatic rings. The average Bonchev–Trinajstić information content (AvgIpc) is 2.50. The number of carbonyl (C=O) groups excluding carboxylic acids is 1. The minimum absolute atomic E-state index is 0.00264. The van der Waals surface area contributed by atoms with Crippen molar-refractivity contribution in [2.24, 2.45) is 0 Å². The van der Waals surface area contributed by atoms with Crippen LogP contribution in [-0.2, 0) is 17.9 Å². The SMILES string of the molecule is CNCc1nccn1CC(=O)NC(C)(C)C. The highest BCUT2D eigenvalue weighted by Crippen LogP contribution is 2.01. The number of amides is 1. The molecule has 0 unspecified atom stereocenters. The van der Waals surface area contributed by atoms with Crippen LogP contribution >= 0.6 is 0 Å². The first-order valence-corrected chi connectivity index (χ1v) is 5.38. The summed E-state index contributed by atoms with van der Waals surface area (Å²) in [5, 5.41) is 5.94. The van der Waals surface area contributed by atoms with Gasteiger partial charge in [-0.05, 0) is 27.8 Å². The molecule has 0 atom stereocenters. The highest BCUT2D eigenvalue weighted by atomic mass is 16.2. The standard InChI is InChI=1S/C11H20N4O/c1-11(2,3)14-10(16)8-15-6-5-13-9(15)7-12-4/h5-6,12H,7-8H2,1-4H3,(H,14,16). The van der Waals surface area contributed by atoms with Crippen LogP contribution in [0.25, 0.3) is 0 Å². The third kappa shape index (κ3) is 4.02. The van der Waals surface area contributed by atoms with Crippen molar-refractivity contribution in [2.45, 2.75) is 39.4 Å². The second-order valence-electron chi connectivity index (χ2n) is 4.80. The molecule has 1 rings (SSSR count). The molecule has 5 nitrogen and oxygen atoms in total. The van der Waals surface area contributed by atoms with Gasteiger partial charge >= 0.3 is 0 Å². The Bertz CT molecular complexity index is 351. The van der Waals surface area contributed by atoms with Gasteiger partial charge < -0.3 is 15.2 Å². The molecule has 90 valence electrons. The maximum absolute atomic E-state index is 11.7. The van der Waals surface area contributed by atoms with Gasteiger partial charge in [-0.2, -0.15) is 0 Å². The first kappa shape index (κ1) is 12.7. The molecule has 5 heteroatoms. The molecule has 0 aromatic carbocycles. The molecular weight excluding hydrogens is 204 g/mol. The monoisotopic (exact) mass is 224 g/mol. The molecule has 0 saturated carbocycles. The lowest BCUT2D eigenvalue weighted by molar-refractivity contribution is -0.123. The summed E-state index contributed by atoms with van der Waals surface area (Å²) in [4.78, 5) is 15.9. The van der Waals surface area contributed by atoms with Gasteiger partial charge in [0, 0.05) is 17.9 Å². The van der Waals surface area contributed by atoms with Gasteiger partial charge in [0.05, 0.1) is 6.54 Å². The molecule has 1 aromatic rings. The first-order chi connectivity index (χ1) is 7.42. The van der Waals surface area contributed by atoms with Crippen molar-refractivity contribution in [2.75, 3.05) is 7.05 Å². The van der Waals surface area contributed by atoms with Crippen LogP contribution in [0.5, 0.6) is 0 Å². The van der Waals surface area contributed by atoms with Gasteiger partial charge in [-0.25, -0.2) is 4.98 Å². The summed E-state index contributed by atoms with van der Waals surface area (Å²) < 4.78 is 1.84. The molecule has 0 saturated heterocycles. The predicted molar refractivity (Wildman–Crippen MR) is 62.9 cm³/mol. The number of carbonyl (C=O) groups is 1. The molecule has 1 aromatic heterocycles. The fourth-order valence-corrected chi connectivity index (χ4v) is 1.42. The highest BCUT2D eigenvalue weighted by molar-refractivity contribution is 5.76. The van der Waals surface area contributed by atoms with E-state index in [9.17, 15) is 4.79 Å². The maximum Gasteiger partial charge on any atom is 0.240 e. The van der Waals surface area contributed by atoms with E-state index in [1.54, 1.807) is 6.20 Å². The Morgan fingerprint density at radius 1 is 1.50 bits per heavy atom. The highest BCUT2D eigenvalue weighted by Gasteiger charge is 2.14. The van der Waals surface area contributed by atoms with Gasteiger partial charge in [0.15, 0.2) is 0 Å². The zero-order valence-electron chi connectivity index (χ0n) is 10.4. The molecular formula is C11H20N4O. The van der Waals surface area contributed by atoms with E-state index in [2.05, 4.69) is 15.6 Å². The number of imidazole rings is 1. The molecule has 0 aliphatic carbocycles. The van der Waals surface area contributed by atoms with Gasteiger partial charge in [-0.1, -0.05) is 0 Å². The molecule has 1 amide bonds. The van der Waals surface area contributed by atoms with Gasteiger partial charge in [-0.15, -0.1) is 0 Å². The van der Waals surface area contributed by atoms with Crippen molar-refractivity contribution in [3.63, 3.8) is 0 Å². The van der Waals surface area contributed by atoms with E-state index in [4.69, 9.17) is 0 Å². The largest absolute Gasteiger partial charge is 0.350 e. The number of hydrogen-bond donors (Lipinski definition) is 2. The summed E-state index contributed by atoms with van der Waals surface area (Å²) in [7, 11) is 1.86. The molecule has 0 spiro atoms. The van der Waals surface area contributed by atoms with Crippen molar-refractivity contribution in [1.82, 2.24) is 20.2 Å². The van der Waals surface area contributed by atoms with Gasteiger partial charge in [0.2, 0.25) is 5.91 Å². The smallest absolute Gasteiger partial charge is 0.240 e. The summed E-state index contributed by atoms with van der Waals surface area (Å²) in [6, 6.07) is 0. The fourth-order valence-electron chi connectivity index (χ4n) is 1.42. The molecule has 0 fully saturated rings. The molecule has 0 bridgehead atoms. The second kappa shape index (κ2) is 5.12. The van der Waals surface area contributed by atoms with Crippen LogP contribution in [0, 0.1) is 0 Å². The van der Waals surface area contributed by atoms with Crippen molar-refractivity contribution >= 4 is 5.91 Å². The Labute approximate surface area is 96.3 Å². The normalized spacial score (nSPS) is 11.5. The van der Waals surface area contributed by atoms with Crippen LogP contribution in [-0.4, -0.2) is 28.0 Å². The minimum atomic E-state index is -0.194. The number of nitrogens with zero attached hydrogens (tertiary/aromatic N) is 2. The lowest BCUT2D eigenvalue weighted by Crippen LogP contribution is -2.42. The van der Waals surface area contributed by atoms with Crippen molar-refractivity contribution in [3.8, 4) is 0 Å². The predicted octanol–water partition coefficient (Wildman–Crippen LogP) is 0.517. The first-order valence-electron chi connectivity index (χ1n) is 5.38. The van der Waals surface area contributed by atoms with Crippen LogP contribution in [0.3, 0.4) is 0 Å². The number of nitrogens with one attached hydrogen (secondary N) is 2. The van der Waals surface area contributed by atoms with Crippen LogP contribution in [0.4, 0.5) is 0 Å². The number of rotatable bonds is 4. The third-order valence-electron chi connectivity index (χ3n) is 1.96. The third-order valence-corrected chi connectivity index (χ3v) is 1.96. The Morgan fingerprint density at radius 2 is 2.19 bits per heavy atom. The van der Waals surface area contributed by atoms with E-state index in [-0.39, 0.29) is 11.4 Å². The Hall–Kier alpha value is -1.36. The van der Waals surface area contributed by atoms with Crippen LogP contribution < -0.4 is 10.6 Å². The van der Waals surface area contributed by atoms with Gasteiger partial charge in [0.1, 0.15) is 12.4 Å². The molecule has 0 radical (unpaired) electrons. The van der Waals surface area contributed by atoms with Crippen LogP contribution in [0.2, 0.25) is 0 Å². The zero-order valence-corrected chi connectivity index (χ0v) is 10.4. The summed E-state index contributed by atoms with van der Waals surface area (Å²) >= 11 is 0. The average molecular weight is 224 g/mol. The molecule has 16 heavy (non-hydrogen) atoms. The molecule has 0 aliphatic heterocycles.